The predicted molar refractivity (Wildman–Crippen MR) is 68.1 cm³/mol. The first-order valence-corrected chi connectivity index (χ1v) is 6.75. The first kappa shape index (κ1) is 13.5. The Kier molecular flexibility index (Phi) is 4.02. The molecule has 102 valence electrons. The third kappa shape index (κ3) is 2.72. The van der Waals surface area contributed by atoms with Crippen molar-refractivity contribution in [3.63, 3.8) is 0 Å². The van der Waals surface area contributed by atoms with Crippen molar-refractivity contribution < 1.29 is 9.26 Å². The average Bonchev–Trinajstić information content (AvgIpc) is 2.94. The summed E-state index contributed by atoms with van der Waals surface area (Å²) in [5.41, 5.74) is 5.48. The first-order valence-electron chi connectivity index (χ1n) is 6.75. The van der Waals surface area contributed by atoms with E-state index in [4.69, 9.17) is 15.0 Å². The van der Waals surface area contributed by atoms with Gasteiger partial charge in [-0.25, -0.2) is 0 Å². The summed E-state index contributed by atoms with van der Waals surface area (Å²) < 4.78 is 10.8. The predicted octanol–water partition coefficient (Wildman–Crippen LogP) is 2.18. The lowest BCUT2D eigenvalue weighted by Gasteiger charge is -2.19. The molecule has 0 bridgehead atoms. The lowest BCUT2D eigenvalue weighted by atomic mass is 9.98. The summed E-state index contributed by atoms with van der Waals surface area (Å²) in [7, 11) is 0. The Hall–Kier alpha value is -0.940. The van der Waals surface area contributed by atoms with E-state index < -0.39 is 5.54 Å². The number of rotatable bonds is 5. The van der Waals surface area contributed by atoms with Gasteiger partial charge in [-0.15, -0.1) is 0 Å². The lowest BCUT2D eigenvalue weighted by Crippen LogP contribution is -2.39. The van der Waals surface area contributed by atoms with Crippen LogP contribution in [0.4, 0.5) is 0 Å². The van der Waals surface area contributed by atoms with Crippen LogP contribution in [0.25, 0.3) is 0 Å². The molecule has 5 heteroatoms. The maximum absolute atomic E-state index is 6.16. The van der Waals surface area contributed by atoms with E-state index in [0.717, 1.165) is 12.3 Å². The zero-order valence-corrected chi connectivity index (χ0v) is 11.5. The third-order valence-electron chi connectivity index (χ3n) is 3.74. The quantitative estimate of drug-likeness (QED) is 0.870. The largest absolute Gasteiger partial charge is 0.379 e. The van der Waals surface area contributed by atoms with E-state index in [2.05, 4.69) is 17.1 Å². The Morgan fingerprint density at radius 1 is 1.50 bits per heavy atom. The van der Waals surface area contributed by atoms with Crippen LogP contribution in [-0.4, -0.2) is 23.4 Å². The standard InChI is InChI=1S/C13H23N3O2/c1-4-17-8-13(3,14)12-15-11(18-16-12)10-7-5-6-9(10)2/h9-10H,4-8,14H2,1-3H3. The van der Waals surface area contributed by atoms with Gasteiger partial charge in [0.05, 0.1) is 6.61 Å². The van der Waals surface area contributed by atoms with Crippen molar-refractivity contribution in [2.24, 2.45) is 11.7 Å². The van der Waals surface area contributed by atoms with E-state index in [0.29, 0.717) is 30.9 Å². The van der Waals surface area contributed by atoms with E-state index in [-0.39, 0.29) is 0 Å². The molecule has 2 rings (SSSR count). The van der Waals surface area contributed by atoms with Gasteiger partial charge >= 0.3 is 0 Å². The van der Waals surface area contributed by atoms with Crippen LogP contribution in [0.3, 0.4) is 0 Å². The minimum absolute atomic E-state index is 0.397. The minimum atomic E-state index is -0.681. The van der Waals surface area contributed by atoms with Gasteiger partial charge in [-0.1, -0.05) is 18.5 Å². The smallest absolute Gasteiger partial charge is 0.230 e. The average molecular weight is 253 g/mol. The maximum atomic E-state index is 6.16. The summed E-state index contributed by atoms with van der Waals surface area (Å²) in [4.78, 5) is 4.48. The molecule has 5 nitrogen and oxygen atoms in total. The Morgan fingerprint density at radius 3 is 2.89 bits per heavy atom. The van der Waals surface area contributed by atoms with Crippen LogP contribution in [0.5, 0.6) is 0 Å². The molecule has 1 saturated carbocycles. The molecule has 1 aromatic heterocycles. The SMILES string of the molecule is CCOCC(C)(N)c1noc(C2CCCC2C)n1. The molecule has 0 amide bonds. The fraction of sp³-hybridized carbons (Fsp3) is 0.846. The molecule has 0 aromatic carbocycles. The molecule has 1 aliphatic rings. The van der Waals surface area contributed by atoms with E-state index in [1.54, 1.807) is 0 Å². The molecule has 3 atom stereocenters. The van der Waals surface area contributed by atoms with E-state index >= 15 is 0 Å². The second kappa shape index (κ2) is 5.36. The molecule has 0 radical (unpaired) electrons. The van der Waals surface area contributed by atoms with Gasteiger partial charge in [-0.05, 0) is 32.6 Å². The molecule has 2 N–H and O–H groups in total. The summed E-state index contributed by atoms with van der Waals surface area (Å²) in [5.74, 6) is 2.30. The van der Waals surface area contributed by atoms with Crippen molar-refractivity contribution in [3.8, 4) is 0 Å². The molecule has 1 fully saturated rings. The van der Waals surface area contributed by atoms with Crippen LogP contribution < -0.4 is 5.73 Å². The zero-order chi connectivity index (χ0) is 13.2. The topological polar surface area (TPSA) is 74.2 Å². The Morgan fingerprint density at radius 2 is 2.28 bits per heavy atom. The van der Waals surface area contributed by atoms with E-state index in [9.17, 15) is 0 Å². The summed E-state index contributed by atoms with van der Waals surface area (Å²) in [6.45, 7) is 7.09. The molecule has 1 aliphatic carbocycles. The van der Waals surface area contributed by atoms with Gasteiger partial charge in [0.2, 0.25) is 5.89 Å². The van der Waals surface area contributed by atoms with Crippen molar-refractivity contribution in [2.75, 3.05) is 13.2 Å². The highest BCUT2D eigenvalue weighted by Crippen LogP contribution is 2.38. The molecule has 3 unspecified atom stereocenters. The molecule has 0 aliphatic heterocycles. The molecule has 0 spiro atoms. The number of ether oxygens (including phenoxy) is 1. The highest BCUT2D eigenvalue weighted by molar-refractivity contribution is 5.05. The fourth-order valence-electron chi connectivity index (χ4n) is 2.51. The molecular weight excluding hydrogens is 230 g/mol. The first-order chi connectivity index (χ1) is 8.54. The Bertz CT molecular complexity index is 389. The maximum Gasteiger partial charge on any atom is 0.230 e. The summed E-state index contributed by atoms with van der Waals surface area (Å²) in [6.07, 6.45) is 3.61. The highest BCUT2D eigenvalue weighted by atomic mass is 16.5. The molecular formula is C13H23N3O2. The number of hydrogen-bond acceptors (Lipinski definition) is 5. The van der Waals surface area contributed by atoms with Crippen molar-refractivity contribution in [2.45, 2.75) is 51.5 Å². The fourth-order valence-corrected chi connectivity index (χ4v) is 2.51. The lowest BCUT2D eigenvalue weighted by molar-refractivity contribution is 0.0962. The second-order valence-electron chi connectivity index (χ2n) is 5.53. The van der Waals surface area contributed by atoms with Crippen molar-refractivity contribution >= 4 is 0 Å². The summed E-state index contributed by atoms with van der Waals surface area (Å²) >= 11 is 0. The van der Waals surface area contributed by atoms with Crippen LogP contribution in [0.1, 0.15) is 57.7 Å². The van der Waals surface area contributed by atoms with Crippen LogP contribution >= 0.6 is 0 Å². The van der Waals surface area contributed by atoms with Gasteiger partial charge in [-0.2, -0.15) is 4.98 Å². The van der Waals surface area contributed by atoms with Crippen LogP contribution in [0.2, 0.25) is 0 Å². The Balaban J connectivity index is 2.09. The van der Waals surface area contributed by atoms with Gasteiger partial charge in [0.1, 0.15) is 5.54 Å². The number of nitrogens with zero attached hydrogens (tertiary/aromatic N) is 2. The monoisotopic (exact) mass is 253 g/mol. The van der Waals surface area contributed by atoms with E-state index in [1.165, 1.54) is 12.8 Å². The third-order valence-corrected chi connectivity index (χ3v) is 3.74. The molecule has 0 saturated heterocycles. The van der Waals surface area contributed by atoms with Crippen molar-refractivity contribution in [1.82, 2.24) is 10.1 Å². The van der Waals surface area contributed by atoms with Crippen molar-refractivity contribution in [3.05, 3.63) is 11.7 Å². The van der Waals surface area contributed by atoms with Crippen LogP contribution in [0.15, 0.2) is 4.52 Å². The van der Waals surface area contributed by atoms with Gasteiger partial charge in [-0.3, -0.25) is 0 Å². The second-order valence-corrected chi connectivity index (χ2v) is 5.53. The molecule has 18 heavy (non-hydrogen) atoms. The van der Waals surface area contributed by atoms with Gasteiger partial charge in [0.25, 0.3) is 0 Å². The molecule has 1 aromatic rings. The van der Waals surface area contributed by atoms with Crippen LogP contribution in [-0.2, 0) is 10.3 Å². The van der Waals surface area contributed by atoms with Gasteiger partial charge < -0.3 is 15.0 Å². The summed E-state index contributed by atoms with van der Waals surface area (Å²) in [6, 6.07) is 0. The Labute approximate surface area is 108 Å². The summed E-state index contributed by atoms with van der Waals surface area (Å²) in [5, 5.41) is 4.03. The minimum Gasteiger partial charge on any atom is -0.379 e. The van der Waals surface area contributed by atoms with Crippen molar-refractivity contribution in [1.29, 1.82) is 0 Å². The van der Waals surface area contributed by atoms with Gasteiger partial charge in [0.15, 0.2) is 5.82 Å². The number of aromatic nitrogens is 2. The normalized spacial score (nSPS) is 27.3. The molecule has 1 heterocycles. The highest BCUT2D eigenvalue weighted by Gasteiger charge is 2.33. The van der Waals surface area contributed by atoms with Gasteiger partial charge in [0, 0.05) is 12.5 Å². The van der Waals surface area contributed by atoms with Crippen LogP contribution in [0, 0.1) is 5.92 Å². The zero-order valence-electron chi connectivity index (χ0n) is 11.5. The number of hydrogen-bond donors (Lipinski definition) is 1. The van der Waals surface area contributed by atoms with E-state index in [1.807, 2.05) is 13.8 Å². The number of nitrogens with two attached hydrogens (primary N) is 1.